The van der Waals surface area contributed by atoms with Gasteiger partial charge in [0.05, 0.1) is 13.1 Å². The van der Waals surface area contributed by atoms with Crippen molar-refractivity contribution in [3.63, 3.8) is 0 Å². The van der Waals surface area contributed by atoms with Crippen LogP contribution < -0.4 is 17.0 Å². The van der Waals surface area contributed by atoms with E-state index in [2.05, 4.69) is 4.90 Å². The van der Waals surface area contributed by atoms with Crippen molar-refractivity contribution in [3.05, 3.63) is 97.9 Å². The van der Waals surface area contributed by atoms with Gasteiger partial charge in [0, 0.05) is 31.7 Å². The summed E-state index contributed by atoms with van der Waals surface area (Å²) >= 11 is 0. The molecule has 0 atom stereocenters. The van der Waals surface area contributed by atoms with E-state index in [1.54, 1.807) is 19.1 Å². The minimum Gasteiger partial charge on any atom is -0.384 e. The van der Waals surface area contributed by atoms with E-state index in [4.69, 9.17) is 5.73 Å². The number of hydrogen-bond donors (Lipinski definition) is 1. The fraction of sp³-hybridized carbons (Fsp3) is 0.370. The molecule has 0 bridgehead atoms. The summed E-state index contributed by atoms with van der Waals surface area (Å²) in [6.07, 6.45) is 0.809. The molecule has 9 heteroatoms. The first kappa shape index (κ1) is 25.5. The maximum Gasteiger partial charge on any atom is 0.332 e. The number of carbonyl (C=O) groups excluding carboxylic acids is 1. The summed E-state index contributed by atoms with van der Waals surface area (Å²) in [4.78, 5) is 43.5. The molecule has 1 aliphatic rings. The van der Waals surface area contributed by atoms with Crippen molar-refractivity contribution in [2.75, 3.05) is 38.5 Å². The van der Waals surface area contributed by atoms with Crippen LogP contribution >= 0.6 is 0 Å². The van der Waals surface area contributed by atoms with Crippen molar-refractivity contribution in [1.82, 2.24) is 18.9 Å². The number of nitrogen functional groups attached to an aromatic ring is 1. The van der Waals surface area contributed by atoms with Crippen molar-refractivity contribution in [1.29, 1.82) is 0 Å². The molecule has 36 heavy (non-hydrogen) atoms. The Morgan fingerprint density at radius 1 is 0.889 bits per heavy atom. The van der Waals surface area contributed by atoms with Gasteiger partial charge in [0.25, 0.3) is 5.56 Å². The van der Waals surface area contributed by atoms with Crippen LogP contribution in [0.4, 0.5) is 10.2 Å². The Kier molecular flexibility index (Phi) is 8.12. The van der Waals surface area contributed by atoms with Gasteiger partial charge in [-0.3, -0.25) is 28.5 Å². The third kappa shape index (κ3) is 5.63. The number of anilines is 1. The predicted octanol–water partition coefficient (Wildman–Crippen LogP) is 2.19. The first-order valence-corrected chi connectivity index (χ1v) is 12.3. The lowest BCUT2D eigenvalue weighted by Crippen LogP contribution is -2.45. The Morgan fingerprint density at radius 3 is 2.28 bits per heavy atom. The standard InChI is InChI=1S/C27H32FN5O3/c1-2-32-26(35)24(25(29)33(27(32)36)17-20-9-4-3-5-10-20)23(34)19-31-14-8-13-30(15-16-31)18-21-11-6-7-12-22(21)28/h3-7,9-12H,2,8,13-19,29H2,1H3. The van der Waals surface area contributed by atoms with Gasteiger partial charge in [-0.05, 0) is 38.1 Å². The third-order valence-corrected chi connectivity index (χ3v) is 6.65. The summed E-state index contributed by atoms with van der Waals surface area (Å²) in [6.45, 7) is 5.27. The van der Waals surface area contributed by atoms with Gasteiger partial charge < -0.3 is 5.73 Å². The predicted molar refractivity (Wildman–Crippen MR) is 138 cm³/mol. The summed E-state index contributed by atoms with van der Waals surface area (Å²) in [6, 6.07) is 16.0. The van der Waals surface area contributed by atoms with Gasteiger partial charge in [0.15, 0.2) is 5.78 Å². The topological polar surface area (TPSA) is 93.6 Å². The molecule has 1 saturated heterocycles. The number of carbonyl (C=O) groups is 1. The van der Waals surface area contributed by atoms with Crippen LogP contribution in [0.15, 0.2) is 64.2 Å². The highest BCUT2D eigenvalue weighted by Gasteiger charge is 2.25. The number of aromatic nitrogens is 2. The number of nitrogens with two attached hydrogens (primary N) is 1. The van der Waals surface area contributed by atoms with E-state index >= 15 is 0 Å². The van der Waals surface area contributed by atoms with Crippen molar-refractivity contribution in [2.24, 2.45) is 0 Å². The van der Waals surface area contributed by atoms with Crippen LogP contribution in [0.25, 0.3) is 0 Å². The average Bonchev–Trinajstić information content (AvgIpc) is 3.09. The Hall–Kier alpha value is -3.56. The Balaban J connectivity index is 1.52. The zero-order chi connectivity index (χ0) is 25.7. The van der Waals surface area contributed by atoms with Crippen LogP contribution in [0.2, 0.25) is 0 Å². The van der Waals surface area contributed by atoms with Crippen LogP contribution in [0, 0.1) is 5.82 Å². The van der Waals surface area contributed by atoms with Gasteiger partial charge in [0.2, 0.25) is 0 Å². The summed E-state index contributed by atoms with van der Waals surface area (Å²) in [5.41, 5.74) is 6.46. The lowest BCUT2D eigenvalue weighted by Gasteiger charge is -2.22. The molecule has 1 aromatic heterocycles. The average molecular weight is 494 g/mol. The largest absolute Gasteiger partial charge is 0.384 e. The molecule has 2 aromatic carbocycles. The van der Waals surface area contributed by atoms with Crippen LogP contribution in [-0.2, 0) is 19.6 Å². The Morgan fingerprint density at radius 2 is 1.56 bits per heavy atom. The quantitative estimate of drug-likeness (QED) is 0.484. The van der Waals surface area contributed by atoms with E-state index < -0.39 is 17.0 Å². The fourth-order valence-electron chi connectivity index (χ4n) is 4.67. The van der Waals surface area contributed by atoms with Crippen molar-refractivity contribution in [3.8, 4) is 0 Å². The van der Waals surface area contributed by atoms with E-state index in [-0.39, 0.29) is 36.8 Å². The molecule has 1 aliphatic heterocycles. The lowest BCUT2D eigenvalue weighted by molar-refractivity contribution is 0.0930. The van der Waals surface area contributed by atoms with E-state index in [0.29, 0.717) is 31.7 Å². The van der Waals surface area contributed by atoms with Crippen LogP contribution in [0.3, 0.4) is 0 Å². The molecule has 0 radical (unpaired) electrons. The molecular weight excluding hydrogens is 461 g/mol. The fourth-order valence-corrected chi connectivity index (χ4v) is 4.67. The third-order valence-electron chi connectivity index (χ3n) is 6.65. The molecule has 2 N–H and O–H groups in total. The molecule has 3 aromatic rings. The number of halogens is 1. The zero-order valence-corrected chi connectivity index (χ0v) is 20.5. The van der Waals surface area contributed by atoms with E-state index in [9.17, 15) is 18.8 Å². The SMILES string of the molecule is CCn1c(=O)c(C(=O)CN2CCCN(Cc3ccccc3F)CC2)c(N)n(Cc2ccccc2)c1=O. The molecule has 4 rings (SSSR count). The highest BCUT2D eigenvalue weighted by molar-refractivity contribution is 6.01. The van der Waals surface area contributed by atoms with Crippen molar-refractivity contribution < 1.29 is 9.18 Å². The second-order valence-corrected chi connectivity index (χ2v) is 9.08. The monoisotopic (exact) mass is 493 g/mol. The van der Waals surface area contributed by atoms with Crippen LogP contribution in [0.1, 0.15) is 34.8 Å². The van der Waals surface area contributed by atoms with Gasteiger partial charge in [0.1, 0.15) is 17.2 Å². The highest BCUT2D eigenvalue weighted by Crippen LogP contribution is 2.14. The molecule has 1 fully saturated rings. The molecule has 190 valence electrons. The molecule has 0 saturated carbocycles. The van der Waals surface area contributed by atoms with E-state index in [1.165, 1.54) is 10.6 Å². The van der Waals surface area contributed by atoms with Gasteiger partial charge in [-0.15, -0.1) is 0 Å². The second-order valence-electron chi connectivity index (χ2n) is 9.08. The molecule has 0 amide bonds. The second kappa shape index (κ2) is 11.5. The summed E-state index contributed by atoms with van der Waals surface area (Å²) in [5, 5.41) is 0. The number of ketones is 1. The smallest absolute Gasteiger partial charge is 0.332 e. The Bertz CT molecular complexity index is 1340. The number of rotatable bonds is 8. The summed E-state index contributed by atoms with van der Waals surface area (Å²) in [7, 11) is 0. The summed E-state index contributed by atoms with van der Waals surface area (Å²) < 4.78 is 16.4. The molecule has 2 heterocycles. The van der Waals surface area contributed by atoms with Crippen LogP contribution in [0.5, 0.6) is 0 Å². The minimum absolute atomic E-state index is 0.0280. The maximum absolute atomic E-state index is 14.1. The molecule has 0 unspecified atom stereocenters. The molecule has 8 nitrogen and oxygen atoms in total. The van der Waals surface area contributed by atoms with Gasteiger partial charge in [-0.2, -0.15) is 0 Å². The zero-order valence-electron chi connectivity index (χ0n) is 20.5. The maximum atomic E-state index is 14.1. The number of nitrogens with zero attached hydrogens (tertiary/aromatic N) is 4. The first-order valence-electron chi connectivity index (χ1n) is 12.3. The van der Waals surface area contributed by atoms with Gasteiger partial charge in [-0.1, -0.05) is 48.5 Å². The van der Waals surface area contributed by atoms with E-state index in [1.807, 2.05) is 41.3 Å². The lowest BCUT2D eigenvalue weighted by atomic mass is 10.1. The number of hydrogen-bond acceptors (Lipinski definition) is 6. The normalized spacial score (nSPS) is 15.1. The van der Waals surface area contributed by atoms with E-state index in [0.717, 1.165) is 23.1 Å². The molecule has 0 spiro atoms. The van der Waals surface area contributed by atoms with Gasteiger partial charge in [-0.25, -0.2) is 9.18 Å². The number of Topliss-reactive ketones (excluding diaryl/α,β-unsaturated/α-hetero) is 1. The minimum atomic E-state index is -0.648. The van der Waals surface area contributed by atoms with Crippen LogP contribution in [-0.4, -0.2) is 57.4 Å². The molecule has 0 aliphatic carbocycles. The number of benzene rings is 2. The Labute approximate surface area is 209 Å². The van der Waals surface area contributed by atoms with Gasteiger partial charge >= 0.3 is 5.69 Å². The van der Waals surface area contributed by atoms with Crippen molar-refractivity contribution in [2.45, 2.75) is 33.0 Å². The molecular formula is C27H32FN5O3. The summed E-state index contributed by atoms with van der Waals surface area (Å²) in [5.74, 6) is -0.717. The first-order chi connectivity index (χ1) is 17.4. The van der Waals surface area contributed by atoms with Crippen molar-refractivity contribution >= 4 is 11.6 Å². The highest BCUT2D eigenvalue weighted by atomic mass is 19.1.